The summed E-state index contributed by atoms with van der Waals surface area (Å²) in [7, 11) is 0. The molecule has 0 bridgehead atoms. The summed E-state index contributed by atoms with van der Waals surface area (Å²) in [6, 6.07) is 16.2. The van der Waals surface area contributed by atoms with Gasteiger partial charge in [0.05, 0.1) is 0 Å². The van der Waals surface area contributed by atoms with Gasteiger partial charge in [0, 0.05) is 12.0 Å². The van der Waals surface area contributed by atoms with Crippen molar-refractivity contribution in [3.63, 3.8) is 0 Å². The highest BCUT2D eigenvalue weighted by molar-refractivity contribution is 5.64. The van der Waals surface area contributed by atoms with Crippen molar-refractivity contribution in [3.8, 4) is 23.5 Å². The van der Waals surface area contributed by atoms with Gasteiger partial charge in [-0.1, -0.05) is 101 Å². The molecule has 2 rings (SSSR count). The van der Waals surface area contributed by atoms with Gasteiger partial charge in [-0.3, -0.25) is 0 Å². The summed E-state index contributed by atoms with van der Waals surface area (Å²) in [4.78, 5) is 0. The quantitative estimate of drug-likeness (QED) is 0.258. The molecule has 0 aromatic heterocycles. The number of hydrogen-bond acceptors (Lipinski definition) is 0. The zero-order chi connectivity index (χ0) is 20.2. The predicted molar refractivity (Wildman–Crippen MR) is 120 cm³/mol. The van der Waals surface area contributed by atoms with Gasteiger partial charge in [-0.2, -0.15) is 0 Å². The Balaban J connectivity index is 1.76. The topological polar surface area (TPSA) is 0 Å². The fourth-order valence-corrected chi connectivity index (χ4v) is 3.72. The number of alkyl halides is 1. The summed E-state index contributed by atoms with van der Waals surface area (Å²) in [5.74, 6) is 2.63. The molecular weight excluding hydrogens is 343 g/mol. The highest BCUT2D eigenvalue weighted by atomic mass is 19.1. The lowest BCUT2D eigenvalue weighted by Gasteiger charge is -2.20. The largest absolute Gasteiger partial charge is 0.244 e. The molecule has 1 unspecified atom stereocenters. The molecule has 0 saturated heterocycles. The van der Waals surface area contributed by atoms with Gasteiger partial charge in [0.2, 0.25) is 0 Å². The van der Waals surface area contributed by atoms with Crippen LogP contribution in [0.15, 0.2) is 48.5 Å². The minimum Gasteiger partial charge on any atom is -0.244 e. The molecule has 0 aliphatic heterocycles. The Bertz CT molecular complexity index is 716. The van der Waals surface area contributed by atoms with E-state index in [0.29, 0.717) is 12.8 Å². The van der Waals surface area contributed by atoms with Crippen LogP contribution in [0.2, 0.25) is 0 Å². The lowest BCUT2D eigenvalue weighted by molar-refractivity contribution is 0.169. The molecular formula is C27H35F. The van der Waals surface area contributed by atoms with Gasteiger partial charge in [-0.15, -0.1) is 6.42 Å². The van der Waals surface area contributed by atoms with Gasteiger partial charge in [-0.25, -0.2) is 4.39 Å². The number of terminal acetylenes is 1. The number of unbranched alkanes of at least 4 members (excludes halogenated alkanes) is 7. The van der Waals surface area contributed by atoms with E-state index in [1.807, 2.05) is 24.3 Å². The van der Waals surface area contributed by atoms with Crippen LogP contribution in [0.1, 0.15) is 82.8 Å². The van der Waals surface area contributed by atoms with E-state index >= 15 is 0 Å². The van der Waals surface area contributed by atoms with Crippen molar-refractivity contribution in [1.82, 2.24) is 0 Å². The molecule has 0 radical (unpaired) electrons. The molecule has 0 fully saturated rings. The third-order valence-electron chi connectivity index (χ3n) is 5.46. The fourth-order valence-electron chi connectivity index (χ4n) is 3.72. The standard InChI is InChI=1S/C27H35F/c1-4-6-7-8-9-10-11-12-21-27(3,28)22-24-15-19-26(20-16-24)25-17-13-23(5-2)14-18-25/h2,13-20H,4,6-12,21-22H2,1,3H3. The molecule has 28 heavy (non-hydrogen) atoms. The first-order valence-electron chi connectivity index (χ1n) is 10.9. The van der Waals surface area contributed by atoms with Gasteiger partial charge >= 0.3 is 0 Å². The third-order valence-corrected chi connectivity index (χ3v) is 5.46. The third kappa shape index (κ3) is 7.89. The van der Waals surface area contributed by atoms with Crippen molar-refractivity contribution in [2.45, 2.75) is 83.7 Å². The summed E-state index contributed by atoms with van der Waals surface area (Å²) < 4.78 is 14.9. The molecule has 0 heterocycles. The molecule has 0 aliphatic rings. The smallest absolute Gasteiger partial charge is 0.112 e. The average Bonchev–Trinajstić information content (AvgIpc) is 2.70. The van der Waals surface area contributed by atoms with Crippen LogP contribution in [0.25, 0.3) is 11.1 Å². The first kappa shape index (κ1) is 22.2. The van der Waals surface area contributed by atoms with Crippen LogP contribution in [0.4, 0.5) is 4.39 Å². The zero-order valence-corrected chi connectivity index (χ0v) is 17.6. The molecule has 0 saturated carbocycles. The monoisotopic (exact) mass is 378 g/mol. The molecule has 0 nitrogen and oxygen atoms in total. The summed E-state index contributed by atoms with van der Waals surface area (Å²) in [6.07, 6.45) is 16.5. The molecule has 2 aromatic rings. The van der Waals surface area contributed by atoms with Crippen molar-refractivity contribution in [2.24, 2.45) is 0 Å². The van der Waals surface area contributed by atoms with Gasteiger partial charge < -0.3 is 0 Å². The minimum atomic E-state index is -1.13. The molecule has 150 valence electrons. The Labute approximate surface area is 171 Å². The summed E-state index contributed by atoms with van der Waals surface area (Å²) in [6.45, 7) is 3.99. The van der Waals surface area contributed by atoms with E-state index in [0.717, 1.165) is 35.1 Å². The van der Waals surface area contributed by atoms with Crippen LogP contribution in [-0.2, 0) is 6.42 Å². The second kappa shape index (κ2) is 11.7. The van der Waals surface area contributed by atoms with Crippen LogP contribution < -0.4 is 0 Å². The SMILES string of the molecule is C#Cc1ccc(-c2ccc(CC(C)(F)CCCCCCCCCC)cc2)cc1. The van der Waals surface area contributed by atoms with E-state index in [4.69, 9.17) is 6.42 Å². The summed E-state index contributed by atoms with van der Waals surface area (Å²) >= 11 is 0. The first-order valence-corrected chi connectivity index (χ1v) is 10.9. The van der Waals surface area contributed by atoms with Crippen LogP contribution in [0.3, 0.4) is 0 Å². The van der Waals surface area contributed by atoms with Crippen LogP contribution in [0, 0.1) is 12.3 Å². The Kier molecular flexibility index (Phi) is 9.29. The molecule has 0 N–H and O–H groups in total. The Hall–Kier alpha value is -2.07. The highest BCUT2D eigenvalue weighted by Gasteiger charge is 2.23. The molecule has 1 atom stereocenters. The van der Waals surface area contributed by atoms with Crippen molar-refractivity contribution < 1.29 is 4.39 Å². The van der Waals surface area contributed by atoms with Gasteiger partial charge in [0.1, 0.15) is 5.67 Å². The second-order valence-corrected chi connectivity index (χ2v) is 8.23. The van der Waals surface area contributed by atoms with Crippen LogP contribution >= 0.6 is 0 Å². The highest BCUT2D eigenvalue weighted by Crippen LogP contribution is 2.27. The van der Waals surface area contributed by atoms with Crippen molar-refractivity contribution in [2.75, 3.05) is 0 Å². The number of halogens is 1. The number of rotatable bonds is 12. The maximum absolute atomic E-state index is 14.9. The van der Waals surface area contributed by atoms with E-state index in [9.17, 15) is 4.39 Å². The van der Waals surface area contributed by atoms with Crippen molar-refractivity contribution in [1.29, 1.82) is 0 Å². The first-order chi connectivity index (χ1) is 13.5. The van der Waals surface area contributed by atoms with Crippen LogP contribution in [0.5, 0.6) is 0 Å². The summed E-state index contributed by atoms with van der Waals surface area (Å²) in [5, 5.41) is 0. The fraction of sp³-hybridized carbons (Fsp3) is 0.481. The minimum absolute atomic E-state index is 0.486. The van der Waals surface area contributed by atoms with E-state index in [2.05, 4.69) is 37.1 Å². The Morgan fingerprint density at radius 2 is 1.29 bits per heavy atom. The van der Waals surface area contributed by atoms with E-state index in [1.165, 1.54) is 38.5 Å². The summed E-state index contributed by atoms with van der Waals surface area (Å²) in [5.41, 5.74) is 3.09. The lowest BCUT2D eigenvalue weighted by Crippen LogP contribution is -2.21. The molecule has 2 aromatic carbocycles. The predicted octanol–water partition coefficient (Wildman–Crippen LogP) is 8.14. The average molecular weight is 379 g/mol. The normalized spacial score (nSPS) is 13.1. The van der Waals surface area contributed by atoms with E-state index in [1.54, 1.807) is 6.92 Å². The van der Waals surface area contributed by atoms with Crippen molar-refractivity contribution >= 4 is 0 Å². The maximum atomic E-state index is 14.9. The van der Waals surface area contributed by atoms with Crippen molar-refractivity contribution in [3.05, 3.63) is 59.7 Å². The maximum Gasteiger partial charge on any atom is 0.112 e. The molecule has 1 heteroatoms. The van der Waals surface area contributed by atoms with Crippen LogP contribution in [-0.4, -0.2) is 5.67 Å². The lowest BCUT2D eigenvalue weighted by atomic mass is 9.91. The second-order valence-electron chi connectivity index (χ2n) is 8.23. The van der Waals surface area contributed by atoms with E-state index in [-0.39, 0.29) is 0 Å². The molecule has 0 spiro atoms. The van der Waals surface area contributed by atoms with Gasteiger partial charge in [0.15, 0.2) is 0 Å². The Morgan fingerprint density at radius 3 is 1.82 bits per heavy atom. The number of hydrogen-bond donors (Lipinski definition) is 0. The Morgan fingerprint density at radius 1 is 0.786 bits per heavy atom. The van der Waals surface area contributed by atoms with Gasteiger partial charge in [0.25, 0.3) is 0 Å². The number of benzene rings is 2. The molecule has 0 amide bonds. The van der Waals surface area contributed by atoms with Gasteiger partial charge in [-0.05, 0) is 42.2 Å². The zero-order valence-electron chi connectivity index (χ0n) is 17.6. The molecule has 0 aliphatic carbocycles. The van der Waals surface area contributed by atoms with E-state index < -0.39 is 5.67 Å².